The largest absolute Gasteiger partial charge is 0.467 e. The van der Waals surface area contributed by atoms with E-state index in [2.05, 4.69) is 20.9 Å². The van der Waals surface area contributed by atoms with Gasteiger partial charge in [-0.25, -0.2) is 9.18 Å². The van der Waals surface area contributed by atoms with Crippen LogP contribution in [0.2, 0.25) is 5.02 Å². The van der Waals surface area contributed by atoms with E-state index in [4.69, 9.17) is 16.3 Å². The molecule has 11 heteroatoms. The number of amides is 3. The Morgan fingerprint density at radius 1 is 1.19 bits per heavy atom. The third-order valence-corrected chi connectivity index (χ3v) is 7.10. The van der Waals surface area contributed by atoms with E-state index in [-0.39, 0.29) is 34.5 Å². The van der Waals surface area contributed by atoms with Crippen molar-refractivity contribution in [2.24, 2.45) is 11.8 Å². The molecule has 9 nitrogen and oxygen atoms in total. The second-order valence-corrected chi connectivity index (χ2v) is 10.7. The third-order valence-electron chi connectivity index (χ3n) is 6.73. The molecule has 36 heavy (non-hydrogen) atoms. The Labute approximate surface area is 212 Å². The molecule has 2 unspecified atom stereocenters. The molecule has 1 saturated carbocycles. The van der Waals surface area contributed by atoms with E-state index < -0.39 is 47.1 Å². The molecule has 2 aliphatic rings. The first-order valence-electron chi connectivity index (χ1n) is 11.9. The van der Waals surface area contributed by atoms with Crippen LogP contribution < -0.4 is 16.0 Å². The molecule has 3 amide bonds. The zero-order valence-corrected chi connectivity index (χ0v) is 21.1. The number of halogens is 2. The quantitative estimate of drug-likeness (QED) is 0.378. The summed E-state index contributed by atoms with van der Waals surface area (Å²) in [6.07, 6.45) is 2.89. The van der Waals surface area contributed by atoms with Crippen LogP contribution in [0.1, 0.15) is 56.4 Å². The van der Waals surface area contributed by atoms with E-state index in [1.165, 1.54) is 25.3 Å². The molecule has 2 aromatic rings. The highest BCUT2D eigenvalue weighted by atomic mass is 35.5. The summed E-state index contributed by atoms with van der Waals surface area (Å²) in [5, 5.41) is 8.72. The normalized spacial score (nSPS) is 20.5. The number of esters is 1. The molecular formula is C25H30ClFN4O5. The minimum atomic E-state index is -1.04. The Hall–Kier alpha value is -3.14. The van der Waals surface area contributed by atoms with Crippen molar-refractivity contribution in [2.45, 2.75) is 63.6 Å². The highest BCUT2D eigenvalue weighted by Crippen LogP contribution is 2.34. The lowest BCUT2D eigenvalue weighted by Gasteiger charge is -2.23. The SMILES string of the molecule is COC(=O)C(C[C@@H]1CC(C)(C)NC1=O)NC(=O)C(CC1CC1)NC(=O)c1cc2ccc(F)c(Cl)c2[nH]1. The first-order chi connectivity index (χ1) is 17.0. The molecule has 2 fully saturated rings. The number of aromatic amines is 1. The lowest BCUT2D eigenvalue weighted by Crippen LogP contribution is -2.52. The molecule has 4 rings (SSSR count). The van der Waals surface area contributed by atoms with Gasteiger partial charge < -0.3 is 25.7 Å². The number of carbonyl (C=O) groups is 4. The van der Waals surface area contributed by atoms with Gasteiger partial charge in [-0.3, -0.25) is 14.4 Å². The van der Waals surface area contributed by atoms with Gasteiger partial charge in [0, 0.05) is 16.8 Å². The standard InChI is InChI=1S/C25H30ClFN4O5/c1-25(2)11-14(21(32)31-25)10-18(24(35)36-3)30-22(33)16(8-12-4-5-12)29-23(34)17-9-13-6-7-15(27)19(26)20(13)28-17/h6-7,9,12,14,16,18,28H,4-5,8,10-11H2,1-3H3,(H,29,34)(H,30,33)(H,31,32)/t14-,16?,18?/m1/s1. The number of rotatable bonds is 9. The van der Waals surface area contributed by atoms with Crippen LogP contribution in [-0.4, -0.2) is 53.4 Å². The number of hydrogen-bond donors (Lipinski definition) is 4. The zero-order valence-electron chi connectivity index (χ0n) is 20.4. The Morgan fingerprint density at radius 2 is 1.92 bits per heavy atom. The Bertz CT molecular complexity index is 1210. The van der Waals surface area contributed by atoms with Gasteiger partial charge in [-0.15, -0.1) is 0 Å². The second kappa shape index (κ2) is 10.1. The van der Waals surface area contributed by atoms with Crippen molar-refractivity contribution in [1.29, 1.82) is 0 Å². The minimum Gasteiger partial charge on any atom is -0.467 e. The van der Waals surface area contributed by atoms with Crippen molar-refractivity contribution < 1.29 is 28.3 Å². The van der Waals surface area contributed by atoms with Gasteiger partial charge in [-0.05, 0) is 57.2 Å². The molecule has 4 N–H and O–H groups in total. The number of aromatic nitrogens is 1. The zero-order chi connectivity index (χ0) is 26.2. The van der Waals surface area contributed by atoms with Crippen molar-refractivity contribution in [3.63, 3.8) is 0 Å². The van der Waals surface area contributed by atoms with Crippen LogP contribution in [0.3, 0.4) is 0 Å². The number of nitrogens with one attached hydrogen (secondary N) is 4. The van der Waals surface area contributed by atoms with E-state index in [0.29, 0.717) is 18.2 Å². The van der Waals surface area contributed by atoms with Crippen LogP contribution >= 0.6 is 11.6 Å². The van der Waals surface area contributed by atoms with Crippen molar-refractivity contribution in [2.75, 3.05) is 7.11 Å². The van der Waals surface area contributed by atoms with Gasteiger partial charge >= 0.3 is 5.97 Å². The maximum Gasteiger partial charge on any atom is 0.328 e. The van der Waals surface area contributed by atoms with Crippen LogP contribution in [0, 0.1) is 17.7 Å². The summed E-state index contributed by atoms with van der Waals surface area (Å²) in [5.74, 6) is -2.73. The first kappa shape index (κ1) is 25.9. The fourth-order valence-corrected chi connectivity index (χ4v) is 4.93. The molecule has 0 bridgehead atoms. The van der Waals surface area contributed by atoms with E-state index in [9.17, 15) is 23.6 Å². The van der Waals surface area contributed by atoms with Gasteiger partial charge in [-0.1, -0.05) is 24.4 Å². The number of methoxy groups -OCH3 is 1. The van der Waals surface area contributed by atoms with Gasteiger partial charge in [0.15, 0.2) is 0 Å². The van der Waals surface area contributed by atoms with Gasteiger partial charge in [0.2, 0.25) is 11.8 Å². The highest BCUT2D eigenvalue weighted by Gasteiger charge is 2.41. The van der Waals surface area contributed by atoms with Crippen molar-refractivity contribution in [3.05, 3.63) is 34.7 Å². The smallest absolute Gasteiger partial charge is 0.328 e. The number of ether oxygens (including phenoxy) is 1. The maximum atomic E-state index is 13.8. The van der Waals surface area contributed by atoms with Crippen LogP contribution in [0.15, 0.2) is 18.2 Å². The molecule has 1 aromatic carbocycles. The second-order valence-electron chi connectivity index (χ2n) is 10.3. The van der Waals surface area contributed by atoms with E-state index in [1.807, 2.05) is 13.8 Å². The lowest BCUT2D eigenvalue weighted by atomic mass is 9.91. The Balaban J connectivity index is 1.48. The molecule has 1 saturated heterocycles. The molecule has 1 aliphatic carbocycles. The van der Waals surface area contributed by atoms with Gasteiger partial charge in [0.25, 0.3) is 5.91 Å². The minimum absolute atomic E-state index is 0.0872. The summed E-state index contributed by atoms with van der Waals surface area (Å²) in [7, 11) is 1.22. The number of carbonyl (C=O) groups excluding carboxylic acids is 4. The summed E-state index contributed by atoms with van der Waals surface area (Å²) >= 11 is 6.00. The maximum absolute atomic E-state index is 13.8. The number of hydrogen-bond acceptors (Lipinski definition) is 5. The van der Waals surface area contributed by atoms with Crippen LogP contribution in [0.25, 0.3) is 10.9 Å². The summed E-state index contributed by atoms with van der Waals surface area (Å²) < 4.78 is 18.7. The molecule has 1 aromatic heterocycles. The monoisotopic (exact) mass is 520 g/mol. The average Bonchev–Trinajstić information content (AvgIpc) is 3.45. The first-order valence-corrected chi connectivity index (χ1v) is 12.3. The molecule has 2 heterocycles. The van der Waals surface area contributed by atoms with Crippen LogP contribution in [0.4, 0.5) is 4.39 Å². The van der Waals surface area contributed by atoms with E-state index in [0.717, 1.165) is 12.8 Å². The van der Waals surface area contributed by atoms with Gasteiger partial charge in [-0.2, -0.15) is 0 Å². The lowest BCUT2D eigenvalue weighted by molar-refractivity contribution is -0.146. The topological polar surface area (TPSA) is 129 Å². The number of fused-ring (bicyclic) bond motifs is 1. The molecule has 0 spiro atoms. The fourth-order valence-electron chi connectivity index (χ4n) is 4.71. The predicted octanol–water partition coefficient (Wildman–Crippen LogP) is 2.82. The summed E-state index contributed by atoms with van der Waals surface area (Å²) in [4.78, 5) is 53.9. The predicted molar refractivity (Wildman–Crippen MR) is 131 cm³/mol. The van der Waals surface area contributed by atoms with Gasteiger partial charge in [0.1, 0.15) is 28.6 Å². The number of H-pyrrole nitrogens is 1. The van der Waals surface area contributed by atoms with E-state index >= 15 is 0 Å². The van der Waals surface area contributed by atoms with Crippen LogP contribution in [-0.2, 0) is 19.1 Å². The van der Waals surface area contributed by atoms with Gasteiger partial charge in [0.05, 0.1) is 12.6 Å². The van der Waals surface area contributed by atoms with Crippen molar-refractivity contribution in [1.82, 2.24) is 20.9 Å². The summed E-state index contributed by atoms with van der Waals surface area (Å²) in [6.45, 7) is 3.78. The molecule has 3 atom stereocenters. The summed E-state index contributed by atoms with van der Waals surface area (Å²) in [6, 6.07) is 2.28. The molecular weight excluding hydrogens is 491 g/mol. The Morgan fingerprint density at radius 3 is 2.53 bits per heavy atom. The summed E-state index contributed by atoms with van der Waals surface area (Å²) in [5.41, 5.74) is 0.00864. The van der Waals surface area contributed by atoms with Crippen molar-refractivity contribution in [3.8, 4) is 0 Å². The average molecular weight is 521 g/mol. The fraction of sp³-hybridized carbons (Fsp3) is 0.520. The molecule has 0 radical (unpaired) electrons. The number of benzene rings is 1. The third kappa shape index (κ3) is 5.80. The van der Waals surface area contributed by atoms with E-state index in [1.54, 1.807) is 0 Å². The highest BCUT2D eigenvalue weighted by molar-refractivity contribution is 6.35. The molecule has 1 aliphatic heterocycles. The van der Waals surface area contributed by atoms with Crippen molar-refractivity contribution >= 4 is 46.2 Å². The molecule has 194 valence electrons. The van der Waals surface area contributed by atoms with Crippen LogP contribution in [0.5, 0.6) is 0 Å². The Kier molecular flexibility index (Phi) is 7.26.